The number of hydrogen-bond acceptors (Lipinski definition) is 2. The summed E-state index contributed by atoms with van der Waals surface area (Å²) < 4.78 is 0. The number of nitrogens with one attached hydrogen (secondary N) is 1. The summed E-state index contributed by atoms with van der Waals surface area (Å²) in [5.74, 6) is 0.523. The molecule has 0 fully saturated rings. The largest absolute Gasteiger partial charge is 0.507 e. The van der Waals surface area contributed by atoms with E-state index < -0.39 is 0 Å². The van der Waals surface area contributed by atoms with Crippen molar-refractivity contribution in [2.24, 2.45) is 0 Å². The smallest absolute Gasteiger partial charge is 0.123 e. The highest BCUT2D eigenvalue weighted by Gasteiger charge is 2.27. The van der Waals surface area contributed by atoms with Crippen LogP contribution in [-0.2, 0) is 12.8 Å². The van der Waals surface area contributed by atoms with Crippen LogP contribution >= 0.6 is 12.4 Å². The second kappa shape index (κ2) is 5.07. The number of hydrogen-bond donors (Lipinski definition) is 2. The van der Waals surface area contributed by atoms with Crippen molar-refractivity contribution in [2.75, 3.05) is 7.05 Å². The molecule has 0 radical (unpaired) electrons. The van der Waals surface area contributed by atoms with Crippen molar-refractivity contribution >= 4 is 12.4 Å². The molecule has 2 rings (SSSR count). The van der Waals surface area contributed by atoms with Crippen LogP contribution < -0.4 is 5.32 Å². The Morgan fingerprint density at radius 3 is 2.75 bits per heavy atom. The number of halogens is 1. The van der Waals surface area contributed by atoms with Crippen molar-refractivity contribution in [3.05, 3.63) is 28.3 Å². The molecule has 1 aromatic carbocycles. The molecule has 0 aliphatic heterocycles. The van der Waals surface area contributed by atoms with Crippen LogP contribution in [-0.4, -0.2) is 12.2 Å². The minimum Gasteiger partial charge on any atom is -0.507 e. The molecule has 0 saturated heterocycles. The van der Waals surface area contributed by atoms with Crippen molar-refractivity contribution in [1.82, 2.24) is 5.32 Å². The third-order valence-electron chi connectivity index (χ3n) is 3.51. The molecule has 16 heavy (non-hydrogen) atoms. The highest BCUT2D eigenvalue weighted by atomic mass is 35.5. The fraction of sp³-hybridized carbons (Fsp3) is 0.538. The van der Waals surface area contributed by atoms with Gasteiger partial charge in [0.1, 0.15) is 5.75 Å². The van der Waals surface area contributed by atoms with Crippen molar-refractivity contribution in [3.8, 4) is 5.75 Å². The Morgan fingerprint density at radius 2 is 2.19 bits per heavy atom. The molecule has 0 heterocycles. The minimum atomic E-state index is 0. The highest BCUT2D eigenvalue weighted by Crippen LogP contribution is 2.41. The first-order chi connectivity index (χ1) is 7.19. The Morgan fingerprint density at radius 1 is 1.50 bits per heavy atom. The molecule has 1 aromatic rings. The lowest BCUT2D eigenvalue weighted by atomic mass is 9.96. The van der Waals surface area contributed by atoms with Gasteiger partial charge in [-0.05, 0) is 49.9 Å². The van der Waals surface area contributed by atoms with Crippen LogP contribution in [0.3, 0.4) is 0 Å². The second-order valence-corrected chi connectivity index (χ2v) is 4.33. The maximum absolute atomic E-state index is 10.2. The van der Waals surface area contributed by atoms with E-state index in [2.05, 4.69) is 25.2 Å². The summed E-state index contributed by atoms with van der Waals surface area (Å²) in [6.07, 6.45) is 3.09. The van der Waals surface area contributed by atoms with Crippen LogP contribution in [0.2, 0.25) is 0 Å². The SMILES string of the molecule is CCc1cc(C)c2c(c1O)C(NC)CC2.Cl. The van der Waals surface area contributed by atoms with Crippen molar-refractivity contribution in [2.45, 2.75) is 39.2 Å². The quantitative estimate of drug-likeness (QED) is 0.835. The van der Waals surface area contributed by atoms with Gasteiger partial charge in [-0.25, -0.2) is 0 Å². The lowest BCUT2D eigenvalue weighted by Gasteiger charge is -2.16. The fourth-order valence-electron chi connectivity index (χ4n) is 2.64. The Balaban J connectivity index is 0.00000128. The summed E-state index contributed by atoms with van der Waals surface area (Å²) in [6, 6.07) is 2.47. The number of rotatable bonds is 2. The first kappa shape index (κ1) is 13.3. The molecular weight excluding hydrogens is 222 g/mol. The molecule has 90 valence electrons. The van der Waals surface area contributed by atoms with Crippen molar-refractivity contribution < 1.29 is 5.11 Å². The molecule has 0 spiro atoms. The number of aryl methyl sites for hydroxylation is 2. The van der Waals surface area contributed by atoms with E-state index >= 15 is 0 Å². The van der Waals surface area contributed by atoms with Crippen LogP contribution in [0.15, 0.2) is 6.07 Å². The number of phenolic OH excluding ortho intramolecular Hbond substituents is 1. The Bertz CT molecular complexity index is 390. The third kappa shape index (κ3) is 1.92. The molecule has 1 aliphatic rings. The van der Waals surface area contributed by atoms with E-state index in [0.29, 0.717) is 11.8 Å². The van der Waals surface area contributed by atoms with Gasteiger partial charge in [0.25, 0.3) is 0 Å². The average Bonchev–Trinajstić information content (AvgIpc) is 2.67. The van der Waals surface area contributed by atoms with Crippen LogP contribution in [0.25, 0.3) is 0 Å². The Labute approximate surface area is 103 Å². The Hall–Kier alpha value is -0.730. The summed E-state index contributed by atoms with van der Waals surface area (Å²) >= 11 is 0. The molecule has 2 N–H and O–H groups in total. The number of phenols is 1. The first-order valence-corrected chi connectivity index (χ1v) is 5.70. The molecule has 0 saturated carbocycles. The van der Waals surface area contributed by atoms with E-state index in [1.807, 2.05) is 7.05 Å². The highest BCUT2D eigenvalue weighted by molar-refractivity contribution is 5.85. The summed E-state index contributed by atoms with van der Waals surface area (Å²) in [7, 11) is 1.97. The number of fused-ring (bicyclic) bond motifs is 1. The molecule has 2 nitrogen and oxygen atoms in total. The maximum Gasteiger partial charge on any atom is 0.123 e. The lowest BCUT2D eigenvalue weighted by Crippen LogP contribution is -2.13. The van der Waals surface area contributed by atoms with Crippen molar-refractivity contribution in [1.29, 1.82) is 0 Å². The van der Waals surface area contributed by atoms with E-state index in [4.69, 9.17) is 0 Å². The van der Waals surface area contributed by atoms with Gasteiger partial charge in [0.2, 0.25) is 0 Å². The third-order valence-corrected chi connectivity index (χ3v) is 3.51. The molecule has 1 unspecified atom stereocenters. The first-order valence-electron chi connectivity index (χ1n) is 5.70. The maximum atomic E-state index is 10.2. The zero-order valence-electron chi connectivity index (χ0n) is 10.1. The Kier molecular flexibility index (Phi) is 4.22. The number of aromatic hydroxyl groups is 1. The zero-order valence-corrected chi connectivity index (χ0v) is 10.9. The van der Waals surface area contributed by atoms with Crippen molar-refractivity contribution in [3.63, 3.8) is 0 Å². The van der Waals surface area contributed by atoms with Gasteiger partial charge in [-0.15, -0.1) is 12.4 Å². The van der Waals surface area contributed by atoms with Gasteiger partial charge in [-0.1, -0.05) is 13.0 Å². The molecule has 0 aromatic heterocycles. The van der Waals surface area contributed by atoms with Gasteiger partial charge in [-0.2, -0.15) is 0 Å². The normalized spacial score (nSPS) is 18.1. The van der Waals surface area contributed by atoms with Gasteiger partial charge in [-0.3, -0.25) is 0 Å². The van der Waals surface area contributed by atoms with E-state index in [1.54, 1.807) is 0 Å². The van der Waals surface area contributed by atoms with Crippen LogP contribution in [0, 0.1) is 6.92 Å². The number of benzene rings is 1. The van der Waals surface area contributed by atoms with Crippen LogP contribution in [0.5, 0.6) is 5.75 Å². The molecule has 3 heteroatoms. The molecular formula is C13H20ClNO. The summed E-state index contributed by atoms with van der Waals surface area (Å²) in [6.45, 7) is 4.24. The second-order valence-electron chi connectivity index (χ2n) is 4.33. The fourth-order valence-corrected chi connectivity index (χ4v) is 2.64. The predicted octanol–water partition coefficient (Wildman–Crippen LogP) is 2.89. The van der Waals surface area contributed by atoms with Crippen LogP contribution in [0.4, 0.5) is 0 Å². The summed E-state index contributed by atoms with van der Waals surface area (Å²) in [5.41, 5.74) is 4.91. The lowest BCUT2D eigenvalue weighted by molar-refractivity contribution is 0.450. The zero-order chi connectivity index (χ0) is 11.0. The van der Waals surface area contributed by atoms with E-state index in [1.165, 1.54) is 11.1 Å². The average molecular weight is 242 g/mol. The van der Waals surface area contributed by atoms with E-state index in [-0.39, 0.29) is 12.4 Å². The topological polar surface area (TPSA) is 32.3 Å². The molecule has 1 aliphatic carbocycles. The van der Waals surface area contributed by atoms with Gasteiger partial charge in [0.15, 0.2) is 0 Å². The summed E-state index contributed by atoms with van der Waals surface area (Å²) in [5, 5.41) is 13.5. The van der Waals surface area contributed by atoms with Gasteiger partial charge < -0.3 is 10.4 Å². The van der Waals surface area contributed by atoms with E-state index in [9.17, 15) is 5.11 Å². The molecule has 0 bridgehead atoms. The monoisotopic (exact) mass is 241 g/mol. The summed E-state index contributed by atoms with van der Waals surface area (Å²) in [4.78, 5) is 0. The van der Waals surface area contributed by atoms with Gasteiger partial charge >= 0.3 is 0 Å². The molecule has 0 amide bonds. The van der Waals surface area contributed by atoms with Crippen LogP contribution in [0.1, 0.15) is 41.6 Å². The standard InChI is InChI=1S/C13H19NO.ClH/c1-4-9-7-8(2)10-5-6-11(14-3)12(10)13(9)15;/h7,11,14-15H,4-6H2,1-3H3;1H. The minimum absolute atomic E-state index is 0. The molecule has 1 atom stereocenters. The van der Waals surface area contributed by atoms with E-state index in [0.717, 1.165) is 30.4 Å². The van der Waals surface area contributed by atoms with Gasteiger partial charge in [0.05, 0.1) is 0 Å². The van der Waals surface area contributed by atoms with Gasteiger partial charge in [0, 0.05) is 11.6 Å². The predicted molar refractivity (Wildman–Crippen MR) is 69.6 cm³/mol.